The van der Waals surface area contributed by atoms with E-state index in [1.807, 2.05) is 0 Å². The number of aromatic nitrogens is 2. The molecule has 0 aliphatic rings. The number of nitrogens with zero attached hydrogens (tertiary/aromatic N) is 2. The Morgan fingerprint density at radius 3 is 2.67 bits per heavy atom. The van der Waals surface area contributed by atoms with Crippen molar-refractivity contribution in [1.29, 1.82) is 0 Å². The Morgan fingerprint density at radius 2 is 2.05 bits per heavy atom. The van der Waals surface area contributed by atoms with Gasteiger partial charge in [-0.1, -0.05) is 17.7 Å². The number of carbonyl (C=O) groups excluding carboxylic acids is 1. The molecule has 4 nitrogen and oxygen atoms in total. The summed E-state index contributed by atoms with van der Waals surface area (Å²) >= 11 is 5.92. The maximum Gasteiger partial charge on any atom is 0.434 e. The van der Waals surface area contributed by atoms with Crippen LogP contribution in [0.5, 0.6) is 0 Å². The lowest BCUT2D eigenvalue weighted by Gasteiger charge is -2.12. The van der Waals surface area contributed by atoms with Crippen molar-refractivity contribution >= 4 is 29.5 Å². The van der Waals surface area contributed by atoms with Crippen LogP contribution < -0.4 is 5.32 Å². The number of anilines is 2. The quantitative estimate of drug-likeness (QED) is 0.869. The van der Waals surface area contributed by atoms with Gasteiger partial charge in [0.15, 0.2) is 12.0 Å². The van der Waals surface area contributed by atoms with Crippen molar-refractivity contribution in [3.63, 3.8) is 0 Å². The van der Waals surface area contributed by atoms with Crippen molar-refractivity contribution in [2.24, 2.45) is 0 Å². The predicted molar refractivity (Wildman–Crippen MR) is 71.9 cm³/mol. The van der Waals surface area contributed by atoms with Crippen LogP contribution in [0.2, 0.25) is 5.02 Å². The summed E-state index contributed by atoms with van der Waals surface area (Å²) in [6.07, 6.45) is -3.85. The number of benzene rings is 1. The van der Waals surface area contributed by atoms with E-state index in [-0.39, 0.29) is 12.2 Å². The van der Waals surface area contributed by atoms with Crippen molar-refractivity contribution < 1.29 is 18.0 Å². The van der Waals surface area contributed by atoms with E-state index in [0.29, 0.717) is 16.3 Å². The second kappa shape index (κ2) is 5.69. The highest BCUT2D eigenvalue weighted by atomic mass is 35.5. The highest BCUT2D eigenvalue weighted by molar-refractivity contribution is 6.31. The number of rotatable bonds is 3. The van der Waals surface area contributed by atoms with Gasteiger partial charge in [0.05, 0.1) is 5.56 Å². The Labute approximate surface area is 123 Å². The highest BCUT2D eigenvalue weighted by Crippen LogP contribution is 2.31. The van der Waals surface area contributed by atoms with Crippen molar-refractivity contribution in [3.05, 3.63) is 46.2 Å². The lowest BCUT2D eigenvalue weighted by Crippen LogP contribution is -2.14. The fourth-order valence-corrected chi connectivity index (χ4v) is 1.80. The van der Waals surface area contributed by atoms with Crippen molar-refractivity contribution in [3.8, 4) is 0 Å². The molecule has 0 bridgehead atoms. The molecule has 1 N–H and O–H groups in total. The van der Waals surface area contributed by atoms with Crippen LogP contribution in [0.25, 0.3) is 0 Å². The number of aldehydes is 1. The fraction of sp³-hybridized carbons (Fsp3) is 0.154. The topological polar surface area (TPSA) is 54.9 Å². The summed E-state index contributed by atoms with van der Waals surface area (Å²) in [5.74, 6) is -0.265. The standard InChI is InChI=1S/C13H9ClF3N3O/c1-7-9(14)3-2-4-10(7)19-12-18-5-8(6-21)11(20-12)13(15,16)17/h2-6H,1H3,(H,18,19,20). The summed E-state index contributed by atoms with van der Waals surface area (Å²) in [6, 6.07) is 4.92. The zero-order valence-electron chi connectivity index (χ0n) is 10.7. The van der Waals surface area contributed by atoms with Crippen molar-refractivity contribution in [1.82, 2.24) is 9.97 Å². The molecule has 2 aromatic rings. The number of carbonyl (C=O) groups is 1. The molecule has 0 fully saturated rings. The molecule has 0 spiro atoms. The summed E-state index contributed by atoms with van der Waals surface area (Å²) in [4.78, 5) is 17.7. The maximum atomic E-state index is 12.8. The van der Waals surface area contributed by atoms with Gasteiger partial charge in [-0.25, -0.2) is 9.97 Å². The predicted octanol–water partition coefficient (Wildman–Crippen LogP) is 4.01. The molecule has 0 amide bonds. The van der Waals surface area contributed by atoms with Crippen LogP contribution in [0.4, 0.5) is 24.8 Å². The second-order valence-electron chi connectivity index (χ2n) is 4.15. The first-order chi connectivity index (χ1) is 9.82. The van der Waals surface area contributed by atoms with Gasteiger partial charge in [0, 0.05) is 16.9 Å². The van der Waals surface area contributed by atoms with E-state index < -0.39 is 17.4 Å². The Kier molecular flexibility index (Phi) is 4.13. The Hall–Kier alpha value is -2.15. The van der Waals surface area contributed by atoms with Crippen LogP contribution >= 0.6 is 11.6 Å². The molecule has 0 aliphatic carbocycles. The molecule has 1 heterocycles. The minimum absolute atomic E-state index is 0.0667. The Bertz CT molecular complexity index is 689. The van der Waals surface area contributed by atoms with Crippen LogP contribution in [-0.4, -0.2) is 16.3 Å². The molecule has 110 valence electrons. The molecule has 8 heteroatoms. The third-order valence-corrected chi connectivity index (χ3v) is 3.14. The maximum absolute atomic E-state index is 12.8. The molecule has 2 rings (SSSR count). The molecule has 21 heavy (non-hydrogen) atoms. The smallest absolute Gasteiger partial charge is 0.324 e. The van der Waals surface area contributed by atoms with Crippen LogP contribution in [0.3, 0.4) is 0 Å². The zero-order valence-corrected chi connectivity index (χ0v) is 11.5. The lowest BCUT2D eigenvalue weighted by molar-refractivity contribution is -0.141. The average molecular weight is 316 g/mol. The fourth-order valence-electron chi connectivity index (χ4n) is 1.63. The number of alkyl halides is 3. The SMILES string of the molecule is Cc1c(Cl)cccc1Nc1ncc(C=O)c(C(F)(F)F)n1. The van der Waals surface area contributed by atoms with Gasteiger partial charge in [-0.3, -0.25) is 4.79 Å². The van der Waals surface area contributed by atoms with E-state index in [9.17, 15) is 18.0 Å². The highest BCUT2D eigenvalue weighted by Gasteiger charge is 2.36. The first-order valence-electron chi connectivity index (χ1n) is 5.74. The van der Waals surface area contributed by atoms with Crippen LogP contribution in [-0.2, 0) is 6.18 Å². The molecule has 0 unspecified atom stereocenters. The van der Waals surface area contributed by atoms with E-state index in [1.165, 1.54) is 0 Å². The van der Waals surface area contributed by atoms with E-state index in [0.717, 1.165) is 6.20 Å². The second-order valence-corrected chi connectivity index (χ2v) is 4.56. The molecule has 0 saturated heterocycles. The molecule has 1 aromatic carbocycles. The normalized spacial score (nSPS) is 11.3. The minimum atomic E-state index is -4.74. The first kappa shape index (κ1) is 15.2. The van der Waals surface area contributed by atoms with Gasteiger partial charge in [0.2, 0.25) is 5.95 Å². The van der Waals surface area contributed by atoms with E-state index >= 15 is 0 Å². The number of nitrogens with one attached hydrogen (secondary N) is 1. The third kappa shape index (κ3) is 3.30. The number of halogens is 4. The first-order valence-corrected chi connectivity index (χ1v) is 6.12. The Morgan fingerprint density at radius 1 is 1.33 bits per heavy atom. The van der Waals surface area contributed by atoms with Gasteiger partial charge in [0.1, 0.15) is 0 Å². The van der Waals surface area contributed by atoms with Gasteiger partial charge in [-0.15, -0.1) is 0 Å². The number of hydrogen-bond acceptors (Lipinski definition) is 4. The van der Waals surface area contributed by atoms with Crippen LogP contribution in [0.1, 0.15) is 21.6 Å². The molecular weight excluding hydrogens is 307 g/mol. The average Bonchev–Trinajstić information content (AvgIpc) is 2.43. The van der Waals surface area contributed by atoms with Gasteiger partial charge in [-0.05, 0) is 24.6 Å². The molecule has 0 atom stereocenters. The van der Waals surface area contributed by atoms with E-state index in [1.54, 1.807) is 25.1 Å². The molecule has 0 aliphatic heterocycles. The van der Waals surface area contributed by atoms with Gasteiger partial charge < -0.3 is 5.32 Å². The summed E-state index contributed by atoms with van der Waals surface area (Å²) in [5, 5.41) is 3.11. The Balaban J connectivity index is 2.42. The van der Waals surface area contributed by atoms with E-state index in [4.69, 9.17) is 11.6 Å². The van der Waals surface area contributed by atoms with E-state index in [2.05, 4.69) is 15.3 Å². The van der Waals surface area contributed by atoms with Crippen molar-refractivity contribution in [2.45, 2.75) is 13.1 Å². The summed E-state index contributed by atoms with van der Waals surface area (Å²) in [7, 11) is 0. The summed E-state index contributed by atoms with van der Waals surface area (Å²) in [5.41, 5.74) is -0.768. The van der Waals surface area contributed by atoms with Gasteiger partial charge in [-0.2, -0.15) is 13.2 Å². The van der Waals surface area contributed by atoms with Gasteiger partial charge in [0.25, 0.3) is 0 Å². The third-order valence-electron chi connectivity index (χ3n) is 2.73. The zero-order chi connectivity index (χ0) is 15.6. The monoisotopic (exact) mass is 315 g/mol. The lowest BCUT2D eigenvalue weighted by atomic mass is 10.2. The summed E-state index contributed by atoms with van der Waals surface area (Å²) < 4.78 is 38.4. The van der Waals surface area contributed by atoms with Crippen LogP contribution in [0, 0.1) is 6.92 Å². The minimum Gasteiger partial charge on any atom is -0.324 e. The molecule has 0 radical (unpaired) electrons. The van der Waals surface area contributed by atoms with Gasteiger partial charge >= 0.3 is 6.18 Å². The molecular formula is C13H9ClF3N3O. The van der Waals surface area contributed by atoms with Crippen LogP contribution in [0.15, 0.2) is 24.4 Å². The summed E-state index contributed by atoms with van der Waals surface area (Å²) in [6.45, 7) is 1.70. The molecule has 0 saturated carbocycles. The largest absolute Gasteiger partial charge is 0.434 e. The van der Waals surface area contributed by atoms with Crippen molar-refractivity contribution in [2.75, 3.05) is 5.32 Å². The number of hydrogen-bond donors (Lipinski definition) is 1. The molecule has 1 aromatic heterocycles.